The minimum Gasteiger partial charge on any atom is -0.416 e. The van der Waals surface area contributed by atoms with E-state index in [1.54, 1.807) is 0 Å². The second kappa shape index (κ2) is 5.75. The van der Waals surface area contributed by atoms with Gasteiger partial charge in [0, 0.05) is 17.7 Å². The maximum Gasteiger partial charge on any atom is 0.204 e. The molecule has 2 aliphatic heterocycles. The first-order chi connectivity index (χ1) is 9.29. The van der Waals surface area contributed by atoms with Crippen molar-refractivity contribution in [2.75, 3.05) is 33.0 Å². The fourth-order valence-electron chi connectivity index (χ4n) is 2.74. The van der Waals surface area contributed by atoms with Gasteiger partial charge in [0.1, 0.15) is 0 Å². The van der Waals surface area contributed by atoms with Gasteiger partial charge in [-0.3, -0.25) is 0 Å². The Kier molecular flexibility index (Phi) is 4.03. The highest BCUT2D eigenvalue weighted by Gasteiger charge is 2.51. The van der Waals surface area contributed by atoms with E-state index in [9.17, 15) is 0 Å². The summed E-state index contributed by atoms with van der Waals surface area (Å²) in [5.41, 5.74) is 2.68. The molecule has 0 bridgehead atoms. The van der Waals surface area contributed by atoms with E-state index in [2.05, 4.69) is 36.9 Å². The summed E-state index contributed by atoms with van der Waals surface area (Å²) in [6, 6.07) is 10.6. The molecule has 0 unspecified atom stereocenters. The molecule has 104 valence electrons. The predicted octanol–water partition coefficient (Wildman–Crippen LogP) is 2.62. The third-order valence-electron chi connectivity index (χ3n) is 4.54. The summed E-state index contributed by atoms with van der Waals surface area (Å²) in [5.74, 6) is 0. The van der Waals surface area contributed by atoms with Crippen molar-refractivity contribution in [3.8, 4) is 0 Å². The molecular weight excluding hydrogens is 256 g/mol. The summed E-state index contributed by atoms with van der Waals surface area (Å²) in [5, 5.41) is 0. The van der Waals surface area contributed by atoms with Crippen LogP contribution < -0.4 is 0 Å². The Hall–Kier alpha value is -0.683. The van der Waals surface area contributed by atoms with Crippen molar-refractivity contribution in [2.24, 2.45) is 0 Å². The molecule has 0 spiro atoms. The van der Waals surface area contributed by atoms with Crippen molar-refractivity contribution in [1.29, 1.82) is 0 Å². The van der Waals surface area contributed by atoms with Gasteiger partial charge in [0.15, 0.2) is 0 Å². The fraction of sp³-hybridized carbons (Fsp3) is 0.600. The van der Waals surface area contributed by atoms with Crippen molar-refractivity contribution in [2.45, 2.75) is 24.1 Å². The molecule has 4 heteroatoms. The first-order valence-corrected chi connectivity index (χ1v) is 9.69. The van der Waals surface area contributed by atoms with Gasteiger partial charge < -0.3 is 13.9 Å². The normalized spacial score (nSPS) is 20.9. The highest BCUT2D eigenvalue weighted by Crippen LogP contribution is 2.42. The van der Waals surface area contributed by atoms with Crippen LogP contribution in [0.4, 0.5) is 0 Å². The van der Waals surface area contributed by atoms with Gasteiger partial charge in [-0.1, -0.05) is 30.3 Å². The van der Waals surface area contributed by atoms with Crippen LogP contribution in [0.25, 0.3) is 0 Å². The quantitative estimate of drug-likeness (QED) is 0.749. The molecule has 0 aromatic heterocycles. The second-order valence-electron chi connectivity index (χ2n) is 5.74. The number of hydrogen-bond acceptors (Lipinski definition) is 3. The van der Waals surface area contributed by atoms with Crippen LogP contribution in [0, 0.1) is 0 Å². The monoisotopic (exact) mass is 278 g/mol. The zero-order valence-corrected chi connectivity index (χ0v) is 12.5. The Morgan fingerprint density at radius 2 is 1.63 bits per heavy atom. The number of rotatable bonds is 6. The lowest BCUT2D eigenvalue weighted by atomic mass is 10.2. The molecule has 2 fully saturated rings. The predicted molar refractivity (Wildman–Crippen MR) is 76.9 cm³/mol. The first-order valence-electron chi connectivity index (χ1n) is 7.12. The third kappa shape index (κ3) is 2.77. The van der Waals surface area contributed by atoms with Gasteiger partial charge in [0.05, 0.1) is 26.4 Å². The maximum absolute atomic E-state index is 6.42. The lowest BCUT2D eigenvalue weighted by Gasteiger charge is -2.47. The van der Waals surface area contributed by atoms with Crippen molar-refractivity contribution < 1.29 is 13.9 Å². The second-order valence-corrected chi connectivity index (χ2v) is 10.0. The minimum atomic E-state index is -1.69. The van der Waals surface area contributed by atoms with Crippen LogP contribution in [0.15, 0.2) is 30.3 Å². The van der Waals surface area contributed by atoms with E-state index < -0.39 is 8.32 Å². The largest absolute Gasteiger partial charge is 0.416 e. The molecule has 0 radical (unpaired) electrons. The van der Waals surface area contributed by atoms with Gasteiger partial charge in [-0.25, -0.2) is 0 Å². The molecule has 0 amide bonds. The van der Waals surface area contributed by atoms with Crippen LogP contribution in [0.5, 0.6) is 0 Å². The summed E-state index contributed by atoms with van der Waals surface area (Å²) >= 11 is 0. The van der Waals surface area contributed by atoms with E-state index >= 15 is 0 Å². The number of ether oxygens (including phenoxy) is 2. The molecular formula is C15H22O3Si. The molecule has 0 atom stereocenters. The summed E-state index contributed by atoms with van der Waals surface area (Å²) in [7, 11) is -1.69. The number of benzene rings is 1. The number of hydrogen-bond donors (Lipinski definition) is 0. The highest BCUT2D eigenvalue weighted by atomic mass is 28.4. The highest BCUT2D eigenvalue weighted by molar-refractivity contribution is 6.76. The van der Waals surface area contributed by atoms with Gasteiger partial charge in [0.2, 0.25) is 8.32 Å². The van der Waals surface area contributed by atoms with Gasteiger partial charge in [-0.2, -0.15) is 0 Å². The molecule has 0 N–H and O–H groups in total. The zero-order valence-electron chi connectivity index (χ0n) is 11.5. The molecule has 3 nitrogen and oxygen atoms in total. The van der Waals surface area contributed by atoms with E-state index in [0.717, 1.165) is 39.5 Å². The Labute approximate surface area is 116 Å². The van der Waals surface area contributed by atoms with Gasteiger partial charge in [-0.05, 0) is 18.5 Å². The maximum atomic E-state index is 6.42. The van der Waals surface area contributed by atoms with Gasteiger partial charge in [0.25, 0.3) is 0 Å². The molecule has 2 saturated heterocycles. The Balaban J connectivity index is 1.55. The molecule has 1 aromatic rings. The first kappa shape index (κ1) is 13.3. The summed E-state index contributed by atoms with van der Waals surface area (Å²) < 4.78 is 17.2. The van der Waals surface area contributed by atoms with Crippen LogP contribution in [0.3, 0.4) is 0 Å². The van der Waals surface area contributed by atoms with Crippen molar-refractivity contribution in [3.63, 3.8) is 0 Å². The molecule has 2 heterocycles. The zero-order chi connectivity index (χ0) is 13.1. The smallest absolute Gasteiger partial charge is 0.204 e. The molecule has 19 heavy (non-hydrogen) atoms. The minimum absolute atomic E-state index is 0.664. The van der Waals surface area contributed by atoms with E-state index in [4.69, 9.17) is 13.9 Å². The van der Waals surface area contributed by atoms with Crippen molar-refractivity contribution >= 4 is 8.32 Å². The topological polar surface area (TPSA) is 27.7 Å². The van der Waals surface area contributed by atoms with Crippen molar-refractivity contribution in [3.05, 3.63) is 35.9 Å². The summed E-state index contributed by atoms with van der Waals surface area (Å²) in [6.45, 7) is 6.78. The van der Waals surface area contributed by atoms with Crippen LogP contribution in [0.2, 0.25) is 17.6 Å². The molecule has 3 rings (SSSR count). The van der Waals surface area contributed by atoms with E-state index in [1.165, 1.54) is 5.56 Å². The lowest BCUT2D eigenvalue weighted by Crippen LogP contribution is -2.57. The Morgan fingerprint density at radius 1 is 1.05 bits per heavy atom. The Morgan fingerprint density at radius 3 is 2.11 bits per heavy atom. The lowest BCUT2D eigenvalue weighted by molar-refractivity contribution is -0.00218. The average Bonchev–Trinajstić information content (AvgIpc) is 2.25. The van der Waals surface area contributed by atoms with E-state index in [1.807, 2.05) is 0 Å². The summed E-state index contributed by atoms with van der Waals surface area (Å²) in [4.78, 5) is 0. The SMILES string of the molecule is C[Si](OCCc1ccccc1)(C1COC1)C1COC1. The van der Waals surface area contributed by atoms with Crippen LogP contribution in [-0.4, -0.2) is 41.4 Å². The standard InChI is InChI=1S/C15H22O3Si/c1-19(14-9-16-10-14,15-11-17-12-15)18-8-7-13-5-3-2-4-6-13/h2-6,14-15H,7-12H2,1H3. The molecule has 0 aliphatic carbocycles. The van der Waals surface area contributed by atoms with E-state index in [-0.39, 0.29) is 0 Å². The van der Waals surface area contributed by atoms with Crippen molar-refractivity contribution in [1.82, 2.24) is 0 Å². The molecule has 1 aromatic carbocycles. The average molecular weight is 278 g/mol. The summed E-state index contributed by atoms with van der Waals surface area (Å²) in [6.07, 6.45) is 1.00. The van der Waals surface area contributed by atoms with Gasteiger partial charge >= 0.3 is 0 Å². The van der Waals surface area contributed by atoms with Gasteiger partial charge in [-0.15, -0.1) is 0 Å². The molecule has 2 aliphatic rings. The third-order valence-corrected chi connectivity index (χ3v) is 9.28. The fourth-order valence-corrected chi connectivity index (χ4v) is 6.21. The van der Waals surface area contributed by atoms with E-state index in [0.29, 0.717) is 11.1 Å². The van der Waals surface area contributed by atoms with Crippen LogP contribution in [-0.2, 0) is 20.3 Å². The molecule has 0 saturated carbocycles. The van der Waals surface area contributed by atoms with Crippen LogP contribution in [0.1, 0.15) is 5.56 Å². The Bertz CT molecular complexity index is 387. The van der Waals surface area contributed by atoms with Crippen LogP contribution >= 0.6 is 0 Å².